The van der Waals surface area contributed by atoms with Crippen molar-refractivity contribution in [3.05, 3.63) is 77.1 Å². The van der Waals surface area contributed by atoms with E-state index in [1.54, 1.807) is 7.11 Å². The first-order chi connectivity index (χ1) is 15.5. The van der Waals surface area contributed by atoms with Gasteiger partial charge in [-0.15, -0.1) is 0 Å². The largest absolute Gasteiger partial charge is 0.497 e. The normalized spacial score (nSPS) is 13.3. The van der Waals surface area contributed by atoms with Crippen molar-refractivity contribution in [1.82, 2.24) is 14.6 Å². The number of rotatable bonds is 4. The molecule has 0 radical (unpaired) electrons. The molecule has 1 amide bonds. The minimum Gasteiger partial charge on any atom is -0.497 e. The molecule has 0 unspecified atom stereocenters. The number of aromatic nitrogens is 3. The fourth-order valence-corrected chi connectivity index (χ4v) is 4.55. The summed E-state index contributed by atoms with van der Waals surface area (Å²) in [5.74, 6) is 0.855. The van der Waals surface area contributed by atoms with E-state index < -0.39 is 0 Å². The number of carbonyl (C=O) groups is 1. The average molecular weight is 427 g/mol. The molecule has 0 atom stereocenters. The number of methoxy groups -OCH3 is 1. The van der Waals surface area contributed by atoms with Gasteiger partial charge in [0.1, 0.15) is 5.75 Å². The topological polar surface area (TPSA) is 59.7 Å². The summed E-state index contributed by atoms with van der Waals surface area (Å²) in [6.45, 7) is 4.72. The number of amides is 1. The van der Waals surface area contributed by atoms with Gasteiger partial charge in [-0.05, 0) is 68.7 Å². The number of ether oxygens (including phenoxy) is 1. The minimum absolute atomic E-state index is 0.0720. The lowest BCUT2D eigenvalue weighted by Crippen LogP contribution is -2.36. The molecule has 6 heteroatoms. The van der Waals surface area contributed by atoms with E-state index in [-0.39, 0.29) is 12.3 Å². The van der Waals surface area contributed by atoms with Gasteiger partial charge in [0.2, 0.25) is 5.91 Å². The maximum Gasteiger partial charge on any atom is 0.231 e. The highest BCUT2D eigenvalue weighted by molar-refractivity contribution is 5.97. The van der Waals surface area contributed by atoms with Crippen LogP contribution in [0.4, 0.5) is 5.69 Å². The van der Waals surface area contributed by atoms with Crippen molar-refractivity contribution < 1.29 is 9.53 Å². The predicted octanol–water partition coefficient (Wildman–Crippen LogP) is 4.54. The van der Waals surface area contributed by atoms with Crippen molar-refractivity contribution in [2.75, 3.05) is 18.6 Å². The van der Waals surface area contributed by atoms with Gasteiger partial charge in [-0.25, -0.2) is 9.50 Å². The third-order valence-corrected chi connectivity index (χ3v) is 6.09. The van der Waals surface area contributed by atoms with Crippen LogP contribution in [0.15, 0.2) is 54.6 Å². The quantitative estimate of drug-likeness (QED) is 0.481. The van der Waals surface area contributed by atoms with Crippen molar-refractivity contribution in [2.24, 2.45) is 0 Å². The molecule has 162 valence electrons. The minimum atomic E-state index is 0.0720. The zero-order valence-corrected chi connectivity index (χ0v) is 18.6. The highest BCUT2D eigenvalue weighted by Crippen LogP contribution is 2.31. The van der Waals surface area contributed by atoms with Crippen LogP contribution in [0.5, 0.6) is 5.75 Å². The molecule has 0 spiro atoms. The van der Waals surface area contributed by atoms with E-state index in [1.165, 1.54) is 5.56 Å². The highest BCUT2D eigenvalue weighted by Gasteiger charge is 2.26. The molecule has 3 heterocycles. The first-order valence-electron chi connectivity index (χ1n) is 10.9. The van der Waals surface area contributed by atoms with Crippen LogP contribution in [0.3, 0.4) is 0 Å². The summed E-state index contributed by atoms with van der Waals surface area (Å²) < 4.78 is 7.15. The molecule has 6 nitrogen and oxygen atoms in total. The van der Waals surface area contributed by atoms with Crippen molar-refractivity contribution in [2.45, 2.75) is 33.1 Å². The number of benzene rings is 2. The number of aryl methyl sites for hydroxylation is 3. The van der Waals surface area contributed by atoms with Crippen LogP contribution >= 0.6 is 0 Å². The summed E-state index contributed by atoms with van der Waals surface area (Å²) in [7, 11) is 1.65. The molecule has 0 aliphatic carbocycles. The summed E-state index contributed by atoms with van der Waals surface area (Å²) in [5, 5.41) is 4.86. The monoisotopic (exact) mass is 426 g/mol. The van der Waals surface area contributed by atoms with Gasteiger partial charge in [-0.2, -0.15) is 5.10 Å². The Kier molecular flexibility index (Phi) is 5.13. The van der Waals surface area contributed by atoms with E-state index in [9.17, 15) is 4.79 Å². The van der Waals surface area contributed by atoms with Gasteiger partial charge in [0, 0.05) is 34.7 Å². The van der Waals surface area contributed by atoms with Crippen LogP contribution < -0.4 is 9.64 Å². The van der Waals surface area contributed by atoms with Gasteiger partial charge in [-0.3, -0.25) is 4.79 Å². The molecule has 4 aromatic rings. The zero-order chi connectivity index (χ0) is 22.2. The first kappa shape index (κ1) is 20.2. The number of fused-ring (bicyclic) bond motifs is 2. The highest BCUT2D eigenvalue weighted by atomic mass is 16.5. The van der Waals surface area contributed by atoms with Crippen LogP contribution in [0, 0.1) is 13.8 Å². The molecule has 5 rings (SSSR count). The standard InChI is InChI=1S/C26H26N4O2/c1-17-15-18(2)30-26(27-17)22(25(28-30)20-10-12-21(32-3)13-11-20)16-24(31)29-14-6-8-19-7-4-5-9-23(19)29/h4-5,7,9-13,15H,6,8,14,16H2,1-3H3. The van der Waals surface area contributed by atoms with E-state index >= 15 is 0 Å². The molecule has 32 heavy (non-hydrogen) atoms. The molecule has 2 aromatic carbocycles. The summed E-state index contributed by atoms with van der Waals surface area (Å²) in [4.78, 5) is 20.3. The lowest BCUT2D eigenvalue weighted by Gasteiger charge is -2.29. The maximum absolute atomic E-state index is 13.6. The molecular weight excluding hydrogens is 400 g/mol. The van der Waals surface area contributed by atoms with Gasteiger partial charge in [0.05, 0.1) is 19.2 Å². The smallest absolute Gasteiger partial charge is 0.231 e. The Bertz CT molecular complexity index is 1310. The Labute approximate surface area is 187 Å². The van der Waals surface area contributed by atoms with Crippen LogP contribution in [0.1, 0.15) is 28.9 Å². The second kappa shape index (κ2) is 8.11. The van der Waals surface area contributed by atoms with E-state index in [0.29, 0.717) is 0 Å². The predicted molar refractivity (Wildman–Crippen MR) is 125 cm³/mol. The first-order valence-corrected chi connectivity index (χ1v) is 10.9. The van der Waals surface area contributed by atoms with Crippen molar-refractivity contribution in [3.8, 4) is 17.0 Å². The van der Waals surface area contributed by atoms with Crippen molar-refractivity contribution >= 4 is 17.2 Å². The molecule has 0 bridgehead atoms. The van der Waals surface area contributed by atoms with Crippen LogP contribution in [-0.2, 0) is 17.6 Å². The Balaban J connectivity index is 1.60. The van der Waals surface area contributed by atoms with E-state index in [4.69, 9.17) is 14.8 Å². The Morgan fingerprint density at radius 3 is 2.66 bits per heavy atom. The molecule has 0 saturated heterocycles. The molecule has 0 saturated carbocycles. The number of hydrogen-bond acceptors (Lipinski definition) is 4. The second-order valence-corrected chi connectivity index (χ2v) is 8.28. The molecule has 2 aromatic heterocycles. The molecule has 0 fully saturated rings. The third kappa shape index (κ3) is 3.51. The fraction of sp³-hybridized carbons (Fsp3) is 0.269. The number of carbonyl (C=O) groups excluding carboxylic acids is 1. The van der Waals surface area contributed by atoms with Gasteiger partial charge in [0.15, 0.2) is 5.65 Å². The Morgan fingerprint density at radius 1 is 1.09 bits per heavy atom. The van der Waals surface area contributed by atoms with Crippen LogP contribution in [0.25, 0.3) is 16.9 Å². The summed E-state index contributed by atoms with van der Waals surface area (Å²) in [5.41, 5.74) is 7.47. The van der Waals surface area contributed by atoms with E-state index in [1.807, 2.05) is 71.8 Å². The van der Waals surface area contributed by atoms with Crippen LogP contribution in [0.2, 0.25) is 0 Å². The Morgan fingerprint density at radius 2 is 1.88 bits per heavy atom. The molecule has 1 aliphatic rings. The summed E-state index contributed by atoms with van der Waals surface area (Å²) in [6, 6.07) is 18.0. The van der Waals surface area contributed by atoms with Gasteiger partial charge in [0.25, 0.3) is 0 Å². The fourth-order valence-electron chi connectivity index (χ4n) is 4.55. The number of anilines is 1. The number of para-hydroxylation sites is 1. The number of nitrogens with zero attached hydrogens (tertiary/aromatic N) is 4. The third-order valence-electron chi connectivity index (χ3n) is 6.09. The molecule has 1 aliphatic heterocycles. The van der Waals surface area contributed by atoms with Gasteiger partial charge in [-0.1, -0.05) is 18.2 Å². The SMILES string of the molecule is COc1ccc(-c2nn3c(C)cc(C)nc3c2CC(=O)N2CCCc3ccccc32)cc1. The van der Waals surface area contributed by atoms with Crippen molar-refractivity contribution in [3.63, 3.8) is 0 Å². The van der Waals surface area contributed by atoms with Crippen LogP contribution in [-0.4, -0.2) is 34.2 Å². The average Bonchev–Trinajstić information content (AvgIpc) is 3.17. The lowest BCUT2D eigenvalue weighted by molar-refractivity contribution is -0.118. The molecule has 0 N–H and O–H groups in total. The zero-order valence-electron chi connectivity index (χ0n) is 18.6. The van der Waals surface area contributed by atoms with Gasteiger partial charge < -0.3 is 9.64 Å². The van der Waals surface area contributed by atoms with E-state index in [2.05, 4.69) is 6.07 Å². The van der Waals surface area contributed by atoms with Gasteiger partial charge >= 0.3 is 0 Å². The number of hydrogen-bond donors (Lipinski definition) is 0. The summed E-state index contributed by atoms with van der Waals surface area (Å²) >= 11 is 0. The van der Waals surface area contributed by atoms with Crippen molar-refractivity contribution in [1.29, 1.82) is 0 Å². The summed E-state index contributed by atoms with van der Waals surface area (Å²) in [6.07, 6.45) is 2.22. The second-order valence-electron chi connectivity index (χ2n) is 8.28. The maximum atomic E-state index is 13.6. The lowest BCUT2D eigenvalue weighted by atomic mass is 10.00. The Hall–Kier alpha value is -3.67. The molecular formula is C26H26N4O2. The van der Waals surface area contributed by atoms with E-state index in [0.717, 1.165) is 64.7 Å².